The Balaban J connectivity index is 1.95. The van der Waals surface area contributed by atoms with E-state index >= 15 is 0 Å². The number of ether oxygens (including phenoxy) is 2. The number of rotatable bonds is 11. The molecule has 28 heavy (non-hydrogen) atoms. The molecule has 1 heterocycles. The molecule has 0 aliphatic rings. The number of aromatic nitrogens is 1. The standard InChI is InChI=1S/C20H29N3O4S/c1-5-22(6-2)11-12-27-18-13-16(7-8-17(18)26-4)21-19(24)9-10-23-15(3)14-28-20(23)25/h7-8,13-14H,5-6,9-12H2,1-4H3,(H,21,24). The summed E-state index contributed by atoms with van der Waals surface area (Å²) in [5.74, 6) is 1.06. The lowest BCUT2D eigenvalue weighted by molar-refractivity contribution is -0.116. The number of nitrogens with one attached hydrogen (secondary N) is 1. The molecule has 0 aliphatic carbocycles. The highest BCUT2D eigenvalue weighted by Gasteiger charge is 2.10. The SMILES string of the molecule is CCN(CC)CCOc1cc(NC(=O)CCn2c(C)csc2=O)ccc1OC. The minimum absolute atomic E-state index is 0.0429. The van der Waals surface area contributed by atoms with Crippen LogP contribution in [0, 0.1) is 6.92 Å². The Hall–Kier alpha value is -2.32. The smallest absolute Gasteiger partial charge is 0.307 e. The van der Waals surface area contributed by atoms with Crippen molar-refractivity contribution >= 4 is 22.9 Å². The Morgan fingerprint density at radius 3 is 2.61 bits per heavy atom. The summed E-state index contributed by atoms with van der Waals surface area (Å²) in [6.45, 7) is 9.76. The molecule has 1 N–H and O–H groups in total. The van der Waals surface area contributed by atoms with Gasteiger partial charge in [-0.15, -0.1) is 0 Å². The second-order valence-electron chi connectivity index (χ2n) is 6.33. The number of thiazole rings is 1. The number of likely N-dealkylation sites (N-methyl/N-ethyl adjacent to an activating group) is 1. The zero-order chi connectivity index (χ0) is 20.5. The highest BCUT2D eigenvalue weighted by molar-refractivity contribution is 7.07. The lowest BCUT2D eigenvalue weighted by Gasteiger charge is -2.19. The second kappa shape index (κ2) is 10.9. The van der Waals surface area contributed by atoms with Gasteiger partial charge in [0.25, 0.3) is 0 Å². The first kappa shape index (κ1) is 22.0. The first-order valence-corrected chi connectivity index (χ1v) is 10.3. The van der Waals surface area contributed by atoms with Gasteiger partial charge in [-0.3, -0.25) is 9.59 Å². The molecule has 8 heteroatoms. The third kappa shape index (κ3) is 6.10. The number of hydrogen-bond acceptors (Lipinski definition) is 6. The highest BCUT2D eigenvalue weighted by atomic mass is 32.1. The number of nitrogens with zero attached hydrogens (tertiary/aromatic N) is 2. The summed E-state index contributed by atoms with van der Waals surface area (Å²) in [5.41, 5.74) is 1.51. The van der Waals surface area contributed by atoms with Gasteiger partial charge in [0.05, 0.1) is 7.11 Å². The van der Waals surface area contributed by atoms with Crippen LogP contribution in [-0.2, 0) is 11.3 Å². The molecule has 154 valence electrons. The van der Waals surface area contributed by atoms with Crippen molar-refractivity contribution in [2.45, 2.75) is 33.7 Å². The average molecular weight is 408 g/mol. The Labute approximate surface area is 169 Å². The highest BCUT2D eigenvalue weighted by Crippen LogP contribution is 2.30. The average Bonchev–Trinajstić information content (AvgIpc) is 3.01. The third-order valence-corrected chi connectivity index (χ3v) is 5.43. The predicted octanol–water partition coefficient (Wildman–Crippen LogP) is 2.98. The van der Waals surface area contributed by atoms with Gasteiger partial charge in [-0.1, -0.05) is 25.2 Å². The predicted molar refractivity (Wildman–Crippen MR) is 113 cm³/mol. The fourth-order valence-electron chi connectivity index (χ4n) is 2.80. The van der Waals surface area contributed by atoms with Crippen LogP contribution in [0.2, 0.25) is 0 Å². The summed E-state index contributed by atoms with van der Waals surface area (Å²) in [4.78, 5) is 26.2. The number of methoxy groups -OCH3 is 1. The molecule has 2 aromatic rings. The van der Waals surface area contributed by atoms with E-state index in [1.807, 2.05) is 6.92 Å². The van der Waals surface area contributed by atoms with E-state index in [0.717, 1.165) is 36.7 Å². The minimum Gasteiger partial charge on any atom is -0.493 e. The molecule has 0 bridgehead atoms. The fraction of sp³-hybridized carbons (Fsp3) is 0.500. The molecule has 0 fully saturated rings. The molecule has 1 aromatic carbocycles. The van der Waals surface area contributed by atoms with Gasteiger partial charge in [-0.2, -0.15) is 0 Å². The molecule has 1 amide bonds. The largest absolute Gasteiger partial charge is 0.493 e. The molecule has 2 rings (SSSR count). The van der Waals surface area contributed by atoms with Crippen LogP contribution in [0.3, 0.4) is 0 Å². The number of carbonyl (C=O) groups is 1. The van der Waals surface area contributed by atoms with Crippen molar-refractivity contribution in [2.75, 3.05) is 38.7 Å². The quantitative estimate of drug-likeness (QED) is 0.620. The summed E-state index contributed by atoms with van der Waals surface area (Å²) in [5, 5.41) is 4.66. The Bertz CT molecular complexity index is 827. The van der Waals surface area contributed by atoms with E-state index in [0.29, 0.717) is 30.3 Å². The lowest BCUT2D eigenvalue weighted by Crippen LogP contribution is -2.28. The second-order valence-corrected chi connectivity index (χ2v) is 7.15. The molecule has 0 saturated carbocycles. The fourth-order valence-corrected chi connectivity index (χ4v) is 3.56. The number of hydrogen-bond donors (Lipinski definition) is 1. The van der Waals surface area contributed by atoms with Crippen LogP contribution in [0.25, 0.3) is 0 Å². The van der Waals surface area contributed by atoms with Crippen LogP contribution in [0.15, 0.2) is 28.4 Å². The van der Waals surface area contributed by atoms with Gasteiger partial charge in [0.15, 0.2) is 11.5 Å². The maximum atomic E-state index is 12.3. The molecule has 7 nitrogen and oxygen atoms in total. The monoisotopic (exact) mass is 407 g/mol. The third-order valence-electron chi connectivity index (χ3n) is 4.55. The lowest BCUT2D eigenvalue weighted by atomic mass is 10.2. The summed E-state index contributed by atoms with van der Waals surface area (Å²) in [6, 6.07) is 5.31. The van der Waals surface area contributed by atoms with Crippen molar-refractivity contribution in [3.63, 3.8) is 0 Å². The van der Waals surface area contributed by atoms with E-state index in [-0.39, 0.29) is 17.2 Å². The van der Waals surface area contributed by atoms with Gasteiger partial charge >= 0.3 is 4.87 Å². The van der Waals surface area contributed by atoms with Crippen LogP contribution in [0.5, 0.6) is 11.5 Å². The van der Waals surface area contributed by atoms with Gasteiger partial charge < -0.3 is 24.3 Å². The Morgan fingerprint density at radius 1 is 1.25 bits per heavy atom. The van der Waals surface area contributed by atoms with Crippen LogP contribution < -0.4 is 19.7 Å². The van der Waals surface area contributed by atoms with Gasteiger partial charge in [0.2, 0.25) is 5.91 Å². The first-order chi connectivity index (χ1) is 13.5. The molecular formula is C20H29N3O4S. The zero-order valence-corrected chi connectivity index (χ0v) is 17.8. The molecule has 0 aliphatic heterocycles. The van der Waals surface area contributed by atoms with Crippen LogP contribution in [0.1, 0.15) is 26.0 Å². The number of amides is 1. The van der Waals surface area contributed by atoms with E-state index in [1.165, 1.54) is 0 Å². The summed E-state index contributed by atoms with van der Waals surface area (Å²) in [7, 11) is 1.59. The van der Waals surface area contributed by atoms with Crippen LogP contribution in [-0.4, -0.2) is 48.7 Å². The molecule has 1 aromatic heterocycles. The first-order valence-electron chi connectivity index (χ1n) is 9.46. The van der Waals surface area contributed by atoms with Crippen molar-refractivity contribution in [3.8, 4) is 11.5 Å². The Morgan fingerprint density at radius 2 is 2.00 bits per heavy atom. The van der Waals surface area contributed by atoms with Crippen LogP contribution in [0.4, 0.5) is 5.69 Å². The van der Waals surface area contributed by atoms with Crippen molar-refractivity contribution in [1.82, 2.24) is 9.47 Å². The van der Waals surface area contributed by atoms with Crippen molar-refractivity contribution in [3.05, 3.63) is 38.9 Å². The van der Waals surface area contributed by atoms with Gasteiger partial charge in [0, 0.05) is 42.3 Å². The molecule has 0 radical (unpaired) electrons. The molecule has 0 atom stereocenters. The molecular weight excluding hydrogens is 378 g/mol. The topological polar surface area (TPSA) is 72.8 Å². The van der Waals surface area contributed by atoms with E-state index in [2.05, 4.69) is 24.1 Å². The van der Waals surface area contributed by atoms with E-state index in [4.69, 9.17) is 9.47 Å². The summed E-state index contributed by atoms with van der Waals surface area (Å²) >= 11 is 1.15. The number of benzene rings is 1. The zero-order valence-electron chi connectivity index (χ0n) is 17.0. The maximum Gasteiger partial charge on any atom is 0.307 e. The van der Waals surface area contributed by atoms with Crippen molar-refractivity contribution in [1.29, 1.82) is 0 Å². The van der Waals surface area contributed by atoms with E-state index in [1.54, 1.807) is 35.3 Å². The van der Waals surface area contributed by atoms with Gasteiger partial charge in [-0.25, -0.2) is 0 Å². The minimum atomic E-state index is -0.156. The summed E-state index contributed by atoms with van der Waals surface area (Å²) in [6.07, 6.45) is 0.224. The normalized spacial score (nSPS) is 10.9. The molecule has 0 unspecified atom stereocenters. The maximum absolute atomic E-state index is 12.3. The van der Waals surface area contributed by atoms with Crippen molar-refractivity contribution in [2.24, 2.45) is 0 Å². The van der Waals surface area contributed by atoms with E-state index < -0.39 is 0 Å². The molecule has 0 spiro atoms. The van der Waals surface area contributed by atoms with Gasteiger partial charge in [0.1, 0.15) is 6.61 Å². The Kier molecular flexibility index (Phi) is 8.53. The van der Waals surface area contributed by atoms with E-state index in [9.17, 15) is 9.59 Å². The van der Waals surface area contributed by atoms with Gasteiger partial charge in [-0.05, 0) is 32.1 Å². The van der Waals surface area contributed by atoms with Crippen LogP contribution >= 0.6 is 11.3 Å². The molecule has 0 saturated heterocycles. The van der Waals surface area contributed by atoms with Crippen molar-refractivity contribution < 1.29 is 14.3 Å². The summed E-state index contributed by atoms with van der Waals surface area (Å²) < 4.78 is 12.8. The number of aryl methyl sites for hydroxylation is 1. The number of anilines is 1. The number of carbonyl (C=O) groups excluding carboxylic acids is 1.